The largest absolute Gasteiger partial charge is 0.316 e. The number of hydrogen-bond donors (Lipinski definition) is 1. The molecule has 4 heteroatoms. The SMILES string of the molecule is CCCNCCc1nnc(-c2cc(C)ccc2C)s1. The summed E-state index contributed by atoms with van der Waals surface area (Å²) in [6.07, 6.45) is 2.13. The Morgan fingerprint density at radius 1 is 1.16 bits per heavy atom. The first kappa shape index (κ1) is 14.2. The second kappa shape index (κ2) is 6.78. The molecular weight excluding hydrogens is 254 g/mol. The van der Waals surface area contributed by atoms with E-state index in [1.165, 1.54) is 23.1 Å². The summed E-state index contributed by atoms with van der Waals surface area (Å²) in [5, 5.41) is 14.2. The first-order chi connectivity index (χ1) is 9.20. The molecule has 0 aliphatic rings. The van der Waals surface area contributed by atoms with Crippen LogP contribution in [-0.4, -0.2) is 23.3 Å². The quantitative estimate of drug-likeness (QED) is 0.821. The van der Waals surface area contributed by atoms with E-state index in [1.54, 1.807) is 11.3 Å². The molecule has 0 amide bonds. The fraction of sp³-hybridized carbons (Fsp3) is 0.467. The van der Waals surface area contributed by atoms with Crippen LogP contribution in [0.1, 0.15) is 29.5 Å². The summed E-state index contributed by atoms with van der Waals surface area (Å²) < 4.78 is 0. The van der Waals surface area contributed by atoms with Gasteiger partial charge in [-0.3, -0.25) is 0 Å². The van der Waals surface area contributed by atoms with Crippen molar-refractivity contribution in [2.45, 2.75) is 33.6 Å². The number of rotatable bonds is 6. The highest BCUT2D eigenvalue weighted by atomic mass is 32.1. The lowest BCUT2D eigenvalue weighted by Crippen LogP contribution is -2.17. The van der Waals surface area contributed by atoms with Gasteiger partial charge >= 0.3 is 0 Å². The lowest BCUT2D eigenvalue weighted by Gasteiger charge is -2.02. The van der Waals surface area contributed by atoms with Crippen LogP contribution in [0.5, 0.6) is 0 Å². The topological polar surface area (TPSA) is 37.8 Å². The molecule has 2 rings (SSSR count). The molecule has 2 aromatic rings. The Labute approximate surface area is 119 Å². The van der Waals surface area contributed by atoms with Crippen molar-refractivity contribution < 1.29 is 0 Å². The van der Waals surface area contributed by atoms with Crippen LogP contribution in [0.3, 0.4) is 0 Å². The molecule has 1 N–H and O–H groups in total. The molecule has 0 bridgehead atoms. The molecule has 3 nitrogen and oxygen atoms in total. The van der Waals surface area contributed by atoms with Crippen LogP contribution < -0.4 is 5.32 Å². The number of nitrogens with one attached hydrogen (secondary N) is 1. The van der Waals surface area contributed by atoms with Crippen LogP contribution in [0.25, 0.3) is 10.6 Å². The van der Waals surface area contributed by atoms with Crippen LogP contribution >= 0.6 is 11.3 Å². The zero-order valence-corrected chi connectivity index (χ0v) is 12.7. The molecule has 0 spiro atoms. The van der Waals surface area contributed by atoms with Gasteiger partial charge in [0, 0.05) is 18.5 Å². The van der Waals surface area contributed by atoms with Gasteiger partial charge in [0.15, 0.2) is 0 Å². The Kier molecular flexibility index (Phi) is 5.05. The predicted octanol–water partition coefficient (Wildman–Crippen LogP) is 3.36. The van der Waals surface area contributed by atoms with Gasteiger partial charge in [-0.15, -0.1) is 10.2 Å². The van der Waals surface area contributed by atoms with Crippen molar-refractivity contribution in [2.75, 3.05) is 13.1 Å². The lowest BCUT2D eigenvalue weighted by molar-refractivity contribution is 0.668. The fourth-order valence-electron chi connectivity index (χ4n) is 1.93. The predicted molar refractivity (Wildman–Crippen MR) is 81.7 cm³/mol. The average molecular weight is 275 g/mol. The molecular formula is C15H21N3S. The Balaban J connectivity index is 2.06. The van der Waals surface area contributed by atoms with E-state index >= 15 is 0 Å². The molecule has 0 radical (unpaired) electrons. The highest BCUT2D eigenvalue weighted by molar-refractivity contribution is 7.14. The number of nitrogens with zero attached hydrogens (tertiary/aromatic N) is 2. The minimum absolute atomic E-state index is 0.961. The van der Waals surface area contributed by atoms with Gasteiger partial charge in [0.25, 0.3) is 0 Å². The van der Waals surface area contributed by atoms with Gasteiger partial charge in [-0.25, -0.2) is 0 Å². The smallest absolute Gasteiger partial charge is 0.148 e. The van der Waals surface area contributed by atoms with Crippen LogP contribution in [0, 0.1) is 13.8 Å². The lowest BCUT2D eigenvalue weighted by atomic mass is 10.1. The first-order valence-electron chi connectivity index (χ1n) is 6.81. The fourth-order valence-corrected chi connectivity index (χ4v) is 2.85. The van der Waals surface area contributed by atoms with Crippen molar-refractivity contribution in [1.29, 1.82) is 0 Å². The molecule has 0 aliphatic heterocycles. The minimum atomic E-state index is 0.961. The third-order valence-corrected chi connectivity index (χ3v) is 4.05. The Morgan fingerprint density at radius 2 is 2.00 bits per heavy atom. The van der Waals surface area contributed by atoms with E-state index in [0.717, 1.165) is 29.5 Å². The molecule has 0 saturated carbocycles. The molecule has 0 saturated heterocycles. The van der Waals surface area contributed by atoms with Crippen molar-refractivity contribution in [2.24, 2.45) is 0 Å². The molecule has 0 atom stereocenters. The first-order valence-corrected chi connectivity index (χ1v) is 7.63. The molecule has 0 fully saturated rings. The number of aryl methyl sites for hydroxylation is 2. The second-order valence-corrected chi connectivity index (χ2v) is 5.88. The number of aromatic nitrogens is 2. The van der Waals surface area contributed by atoms with Gasteiger partial charge in [-0.05, 0) is 38.4 Å². The van der Waals surface area contributed by atoms with Crippen molar-refractivity contribution in [1.82, 2.24) is 15.5 Å². The summed E-state index contributed by atoms with van der Waals surface area (Å²) in [7, 11) is 0. The van der Waals surface area contributed by atoms with E-state index in [9.17, 15) is 0 Å². The van der Waals surface area contributed by atoms with Gasteiger partial charge < -0.3 is 5.32 Å². The number of benzene rings is 1. The Morgan fingerprint density at radius 3 is 2.79 bits per heavy atom. The maximum absolute atomic E-state index is 4.33. The van der Waals surface area contributed by atoms with Crippen molar-refractivity contribution in [3.05, 3.63) is 34.3 Å². The van der Waals surface area contributed by atoms with E-state index in [2.05, 4.69) is 54.5 Å². The van der Waals surface area contributed by atoms with Gasteiger partial charge in [0.2, 0.25) is 0 Å². The minimum Gasteiger partial charge on any atom is -0.316 e. The Bertz CT molecular complexity index is 534. The van der Waals surface area contributed by atoms with E-state index in [1.807, 2.05) is 0 Å². The van der Waals surface area contributed by atoms with Gasteiger partial charge in [0.05, 0.1) is 0 Å². The van der Waals surface area contributed by atoms with Crippen LogP contribution in [-0.2, 0) is 6.42 Å². The van der Waals surface area contributed by atoms with E-state index in [-0.39, 0.29) is 0 Å². The zero-order valence-electron chi connectivity index (χ0n) is 11.9. The number of hydrogen-bond acceptors (Lipinski definition) is 4. The van der Waals surface area contributed by atoms with E-state index in [0.29, 0.717) is 0 Å². The van der Waals surface area contributed by atoms with Crippen molar-refractivity contribution in [3.8, 4) is 10.6 Å². The Hall–Kier alpha value is -1.26. The van der Waals surface area contributed by atoms with Crippen LogP contribution in [0.4, 0.5) is 0 Å². The van der Waals surface area contributed by atoms with Gasteiger partial charge in [-0.1, -0.05) is 36.0 Å². The maximum Gasteiger partial charge on any atom is 0.148 e. The van der Waals surface area contributed by atoms with Crippen molar-refractivity contribution in [3.63, 3.8) is 0 Å². The molecule has 102 valence electrons. The van der Waals surface area contributed by atoms with Crippen LogP contribution in [0.2, 0.25) is 0 Å². The average Bonchev–Trinajstić information content (AvgIpc) is 2.86. The normalized spacial score (nSPS) is 10.9. The molecule has 0 aliphatic carbocycles. The standard InChI is InChI=1S/C15H21N3S/c1-4-8-16-9-7-14-17-18-15(19-14)13-10-11(2)5-6-12(13)3/h5-6,10,16H,4,7-9H2,1-3H3. The summed E-state index contributed by atoms with van der Waals surface area (Å²) >= 11 is 1.70. The third-order valence-electron chi connectivity index (χ3n) is 3.03. The van der Waals surface area contributed by atoms with Gasteiger partial charge in [-0.2, -0.15) is 0 Å². The molecule has 1 heterocycles. The maximum atomic E-state index is 4.33. The summed E-state index contributed by atoms with van der Waals surface area (Å²) in [5.41, 5.74) is 3.74. The monoisotopic (exact) mass is 275 g/mol. The summed E-state index contributed by atoms with van der Waals surface area (Å²) in [6, 6.07) is 6.47. The highest BCUT2D eigenvalue weighted by Gasteiger charge is 2.09. The van der Waals surface area contributed by atoms with E-state index in [4.69, 9.17) is 0 Å². The summed E-state index contributed by atoms with van der Waals surface area (Å²) in [5.74, 6) is 0. The van der Waals surface area contributed by atoms with Crippen LogP contribution in [0.15, 0.2) is 18.2 Å². The molecule has 1 aromatic carbocycles. The van der Waals surface area contributed by atoms with Crippen molar-refractivity contribution >= 4 is 11.3 Å². The molecule has 1 aromatic heterocycles. The van der Waals surface area contributed by atoms with E-state index < -0.39 is 0 Å². The second-order valence-electron chi connectivity index (χ2n) is 4.82. The molecule has 19 heavy (non-hydrogen) atoms. The summed E-state index contributed by atoms with van der Waals surface area (Å²) in [4.78, 5) is 0. The third kappa shape index (κ3) is 3.85. The summed E-state index contributed by atoms with van der Waals surface area (Å²) in [6.45, 7) is 8.46. The zero-order chi connectivity index (χ0) is 13.7. The highest BCUT2D eigenvalue weighted by Crippen LogP contribution is 2.27. The molecule has 0 unspecified atom stereocenters. The van der Waals surface area contributed by atoms with Gasteiger partial charge in [0.1, 0.15) is 10.0 Å².